The van der Waals surface area contributed by atoms with Gasteiger partial charge < -0.3 is 20.1 Å². The quantitative estimate of drug-likeness (QED) is 0.892. The summed E-state index contributed by atoms with van der Waals surface area (Å²) in [5.41, 5.74) is 2.36. The minimum Gasteiger partial charge on any atom is -0.497 e. The Kier molecular flexibility index (Phi) is 4.92. The van der Waals surface area contributed by atoms with Crippen LogP contribution in [0.3, 0.4) is 0 Å². The minimum atomic E-state index is -0.817. The van der Waals surface area contributed by atoms with E-state index < -0.39 is 11.9 Å². The number of methoxy groups -OCH3 is 1. The smallest absolute Gasteiger partial charge is 0.317 e. The van der Waals surface area contributed by atoms with Crippen molar-refractivity contribution in [3.05, 3.63) is 29.3 Å². The summed E-state index contributed by atoms with van der Waals surface area (Å²) in [5.74, 6) is -0.434. The summed E-state index contributed by atoms with van der Waals surface area (Å²) in [6, 6.07) is 5.81. The largest absolute Gasteiger partial charge is 0.497 e. The van der Waals surface area contributed by atoms with Crippen molar-refractivity contribution < 1.29 is 19.4 Å². The molecule has 0 radical (unpaired) electrons. The molecule has 1 aliphatic heterocycles. The highest BCUT2D eigenvalue weighted by atomic mass is 16.5. The Morgan fingerprint density at radius 3 is 2.88 bits per heavy atom. The summed E-state index contributed by atoms with van der Waals surface area (Å²) < 4.78 is 5.27. The van der Waals surface area contributed by atoms with Gasteiger partial charge in [-0.25, -0.2) is 4.79 Å². The fourth-order valence-corrected chi connectivity index (χ4v) is 3.67. The van der Waals surface area contributed by atoms with Crippen LogP contribution in [-0.2, 0) is 11.2 Å². The van der Waals surface area contributed by atoms with E-state index >= 15 is 0 Å². The van der Waals surface area contributed by atoms with Gasteiger partial charge in [-0.1, -0.05) is 6.07 Å². The lowest BCUT2D eigenvalue weighted by Gasteiger charge is -2.33. The highest BCUT2D eigenvalue weighted by Gasteiger charge is 2.30. The fraction of sp³-hybridized carbons (Fsp3) is 0.556. The van der Waals surface area contributed by atoms with E-state index in [0.29, 0.717) is 19.5 Å². The van der Waals surface area contributed by atoms with E-state index in [0.717, 1.165) is 37.0 Å². The Labute approximate surface area is 141 Å². The molecule has 1 heterocycles. The van der Waals surface area contributed by atoms with Gasteiger partial charge in [0.25, 0.3) is 0 Å². The highest BCUT2D eigenvalue weighted by molar-refractivity contribution is 5.77. The van der Waals surface area contributed by atoms with Crippen LogP contribution in [0.5, 0.6) is 5.75 Å². The van der Waals surface area contributed by atoms with Crippen LogP contribution >= 0.6 is 0 Å². The van der Waals surface area contributed by atoms with Crippen molar-refractivity contribution in [2.75, 3.05) is 20.2 Å². The zero-order valence-electron chi connectivity index (χ0n) is 14.0. The number of aryl methyl sites for hydroxylation is 1. The molecule has 3 rings (SSSR count). The monoisotopic (exact) mass is 332 g/mol. The van der Waals surface area contributed by atoms with Crippen molar-refractivity contribution in [1.82, 2.24) is 10.2 Å². The molecule has 2 aliphatic rings. The first-order valence-electron chi connectivity index (χ1n) is 8.53. The van der Waals surface area contributed by atoms with Crippen molar-refractivity contribution in [1.29, 1.82) is 0 Å². The summed E-state index contributed by atoms with van der Waals surface area (Å²) in [6.07, 6.45) is 4.29. The van der Waals surface area contributed by atoms with Gasteiger partial charge >= 0.3 is 12.0 Å². The number of piperidine rings is 1. The summed E-state index contributed by atoms with van der Waals surface area (Å²) in [6.45, 7) is 0.918. The molecule has 0 bridgehead atoms. The van der Waals surface area contributed by atoms with Crippen molar-refractivity contribution >= 4 is 12.0 Å². The Hall–Kier alpha value is -2.24. The number of nitrogens with one attached hydrogen (secondary N) is 1. The lowest BCUT2D eigenvalue weighted by molar-refractivity contribution is -0.143. The van der Waals surface area contributed by atoms with Gasteiger partial charge in [-0.15, -0.1) is 0 Å². The molecule has 1 saturated heterocycles. The van der Waals surface area contributed by atoms with E-state index in [1.54, 1.807) is 12.0 Å². The number of rotatable bonds is 3. The van der Waals surface area contributed by atoms with E-state index in [9.17, 15) is 9.59 Å². The van der Waals surface area contributed by atoms with Gasteiger partial charge in [0.05, 0.1) is 19.1 Å². The molecule has 0 saturated carbocycles. The topological polar surface area (TPSA) is 78.9 Å². The molecule has 130 valence electrons. The zero-order chi connectivity index (χ0) is 17.1. The SMILES string of the molecule is COc1ccc2c(c1)CCCC2NC(=O)N1CCCC(C(=O)O)C1. The molecule has 1 fully saturated rings. The van der Waals surface area contributed by atoms with Crippen LogP contribution in [0.25, 0.3) is 0 Å². The minimum absolute atomic E-state index is 0.0163. The number of likely N-dealkylation sites (tertiary alicyclic amines) is 1. The molecule has 1 aromatic rings. The van der Waals surface area contributed by atoms with Crippen LogP contribution in [0, 0.1) is 5.92 Å². The van der Waals surface area contributed by atoms with E-state index in [-0.39, 0.29) is 12.1 Å². The molecule has 2 atom stereocenters. The normalized spacial score (nSPS) is 23.3. The van der Waals surface area contributed by atoms with E-state index in [4.69, 9.17) is 9.84 Å². The second kappa shape index (κ2) is 7.11. The van der Waals surface area contributed by atoms with Gasteiger partial charge in [0.2, 0.25) is 0 Å². The molecule has 1 aliphatic carbocycles. The maximum atomic E-state index is 12.6. The number of ether oxygens (including phenoxy) is 1. The Bertz CT molecular complexity index is 631. The third-order valence-corrected chi connectivity index (χ3v) is 5.02. The predicted octanol–water partition coefficient (Wildman–Crippen LogP) is 2.58. The second-order valence-electron chi connectivity index (χ2n) is 6.58. The van der Waals surface area contributed by atoms with Gasteiger partial charge in [0, 0.05) is 13.1 Å². The fourth-order valence-electron chi connectivity index (χ4n) is 3.67. The number of carbonyl (C=O) groups is 2. The number of hydrogen-bond donors (Lipinski definition) is 2. The van der Waals surface area contributed by atoms with E-state index in [2.05, 4.69) is 5.32 Å². The van der Waals surface area contributed by atoms with E-state index in [1.807, 2.05) is 18.2 Å². The number of carboxylic acids is 1. The first kappa shape index (κ1) is 16.6. The van der Waals surface area contributed by atoms with Crippen molar-refractivity contribution in [2.24, 2.45) is 5.92 Å². The number of aliphatic carboxylic acids is 1. The Balaban J connectivity index is 1.68. The second-order valence-corrected chi connectivity index (χ2v) is 6.58. The zero-order valence-corrected chi connectivity index (χ0v) is 14.0. The predicted molar refractivity (Wildman–Crippen MR) is 89.1 cm³/mol. The first-order valence-corrected chi connectivity index (χ1v) is 8.53. The molecule has 24 heavy (non-hydrogen) atoms. The Morgan fingerprint density at radius 2 is 2.12 bits per heavy atom. The number of amides is 2. The third-order valence-electron chi connectivity index (χ3n) is 5.02. The molecule has 2 amide bonds. The number of hydrogen-bond acceptors (Lipinski definition) is 3. The number of urea groups is 1. The van der Waals surface area contributed by atoms with Crippen LogP contribution in [0.1, 0.15) is 42.9 Å². The molecule has 2 unspecified atom stereocenters. The van der Waals surface area contributed by atoms with Crippen LogP contribution < -0.4 is 10.1 Å². The van der Waals surface area contributed by atoms with Gasteiger partial charge in [0.1, 0.15) is 5.75 Å². The average Bonchev–Trinajstić information content (AvgIpc) is 2.61. The van der Waals surface area contributed by atoms with Crippen LogP contribution in [0.4, 0.5) is 4.79 Å². The number of carboxylic acid groups (broad SMARTS) is 1. The molecular formula is C18H24N2O4. The van der Waals surface area contributed by atoms with Gasteiger partial charge in [-0.3, -0.25) is 4.79 Å². The average molecular weight is 332 g/mol. The maximum absolute atomic E-state index is 12.6. The van der Waals surface area contributed by atoms with Crippen LogP contribution in [0.2, 0.25) is 0 Å². The molecule has 0 spiro atoms. The maximum Gasteiger partial charge on any atom is 0.317 e. The van der Waals surface area contributed by atoms with Crippen molar-refractivity contribution in [3.8, 4) is 5.75 Å². The molecule has 2 N–H and O–H groups in total. The summed E-state index contributed by atoms with van der Waals surface area (Å²) in [7, 11) is 1.65. The summed E-state index contributed by atoms with van der Waals surface area (Å²) in [5, 5.41) is 12.3. The molecule has 6 nitrogen and oxygen atoms in total. The lowest BCUT2D eigenvalue weighted by atomic mass is 9.87. The molecule has 6 heteroatoms. The number of fused-ring (bicyclic) bond motifs is 1. The van der Waals surface area contributed by atoms with Gasteiger partial charge in [0.15, 0.2) is 0 Å². The summed E-state index contributed by atoms with van der Waals surface area (Å²) >= 11 is 0. The van der Waals surface area contributed by atoms with Gasteiger partial charge in [-0.2, -0.15) is 0 Å². The standard InChI is InChI=1S/C18H24N2O4/c1-24-14-7-8-15-12(10-14)4-2-6-16(15)19-18(23)20-9-3-5-13(11-20)17(21)22/h7-8,10,13,16H,2-6,9,11H2,1H3,(H,19,23)(H,21,22). The number of benzene rings is 1. The molecule has 1 aromatic carbocycles. The molecular weight excluding hydrogens is 308 g/mol. The summed E-state index contributed by atoms with van der Waals surface area (Å²) in [4.78, 5) is 25.4. The van der Waals surface area contributed by atoms with Crippen molar-refractivity contribution in [2.45, 2.75) is 38.1 Å². The van der Waals surface area contributed by atoms with E-state index in [1.165, 1.54) is 5.56 Å². The molecule has 0 aromatic heterocycles. The van der Waals surface area contributed by atoms with Crippen LogP contribution in [0.15, 0.2) is 18.2 Å². The lowest BCUT2D eigenvalue weighted by Crippen LogP contribution is -2.48. The first-order chi connectivity index (χ1) is 11.6. The van der Waals surface area contributed by atoms with Gasteiger partial charge in [-0.05, 0) is 55.4 Å². The van der Waals surface area contributed by atoms with Crippen molar-refractivity contribution in [3.63, 3.8) is 0 Å². The Morgan fingerprint density at radius 1 is 1.29 bits per heavy atom. The number of nitrogens with zero attached hydrogens (tertiary/aromatic N) is 1. The number of carbonyl (C=O) groups excluding carboxylic acids is 1. The van der Waals surface area contributed by atoms with Crippen LogP contribution in [-0.4, -0.2) is 42.2 Å². The highest BCUT2D eigenvalue weighted by Crippen LogP contribution is 2.32. The third kappa shape index (κ3) is 3.47.